The van der Waals surface area contributed by atoms with E-state index in [-0.39, 0.29) is 10.8 Å². The van der Waals surface area contributed by atoms with E-state index in [9.17, 15) is 0 Å². The fourth-order valence-corrected chi connectivity index (χ4v) is 10.7. The molecule has 296 valence electrons. The standard InChI is InChI=1S/C60H45NO/c1-59(2)50-21-13-11-19-46(50)47-34-32-45(36-52(47)59)61(43-28-23-40(24-29-43)38-15-7-5-8-16-38)44-30-25-41(26-31-44)56-57-48-20-12-14-22-51(48)60(3,4)53(57)37-55-58(56)49-33-27-42(35-54(49)62-55)39-17-9-6-10-18-39/h5-37H,1-4H3. The minimum Gasteiger partial charge on any atom is -0.456 e. The molecule has 2 aliphatic rings. The second-order valence-electron chi connectivity index (χ2n) is 18.1. The largest absolute Gasteiger partial charge is 0.456 e. The van der Waals surface area contributed by atoms with Crippen molar-refractivity contribution >= 4 is 39.0 Å². The van der Waals surface area contributed by atoms with Gasteiger partial charge in [0.05, 0.1) is 0 Å². The van der Waals surface area contributed by atoms with Gasteiger partial charge in [-0.1, -0.05) is 173 Å². The number of rotatable bonds is 6. The van der Waals surface area contributed by atoms with Crippen molar-refractivity contribution in [3.8, 4) is 55.6 Å². The van der Waals surface area contributed by atoms with Crippen molar-refractivity contribution in [2.75, 3.05) is 4.90 Å². The van der Waals surface area contributed by atoms with Gasteiger partial charge in [0.2, 0.25) is 0 Å². The van der Waals surface area contributed by atoms with Crippen molar-refractivity contribution < 1.29 is 4.42 Å². The molecule has 62 heavy (non-hydrogen) atoms. The van der Waals surface area contributed by atoms with Gasteiger partial charge in [0.25, 0.3) is 0 Å². The van der Waals surface area contributed by atoms with Crippen molar-refractivity contribution in [1.29, 1.82) is 0 Å². The van der Waals surface area contributed by atoms with Gasteiger partial charge < -0.3 is 9.32 Å². The van der Waals surface area contributed by atoms with Crippen LogP contribution in [-0.4, -0.2) is 0 Å². The van der Waals surface area contributed by atoms with Gasteiger partial charge in [0, 0.05) is 44.2 Å². The average molecular weight is 796 g/mol. The first-order chi connectivity index (χ1) is 30.3. The Morgan fingerprint density at radius 2 is 0.839 bits per heavy atom. The molecule has 0 aliphatic heterocycles. The minimum absolute atomic E-state index is 0.118. The van der Waals surface area contributed by atoms with E-state index in [1.807, 2.05) is 0 Å². The number of furan rings is 1. The highest BCUT2D eigenvalue weighted by Crippen LogP contribution is 2.56. The summed E-state index contributed by atoms with van der Waals surface area (Å²) in [6.45, 7) is 9.42. The molecule has 2 nitrogen and oxygen atoms in total. The second-order valence-corrected chi connectivity index (χ2v) is 18.1. The van der Waals surface area contributed by atoms with Crippen LogP contribution >= 0.6 is 0 Å². The molecule has 0 saturated heterocycles. The van der Waals surface area contributed by atoms with E-state index in [1.165, 1.54) is 72.3 Å². The van der Waals surface area contributed by atoms with E-state index >= 15 is 0 Å². The van der Waals surface area contributed by atoms with Gasteiger partial charge in [0.15, 0.2) is 0 Å². The number of hydrogen-bond acceptors (Lipinski definition) is 2. The molecule has 12 rings (SSSR count). The quantitative estimate of drug-likeness (QED) is 0.167. The van der Waals surface area contributed by atoms with Crippen LogP contribution in [0.2, 0.25) is 0 Å². The maximum Gasteiger partial charge on any atom is 0.136 e. The van der Waals surface area contributed by atoms with Gasteiger partial charge in [-0.25, -0.2) is 0 Å². The molecule has 0 saturated carbocycles. The molecule has 1 heterocycles. The van der Waals surface area contributed by atoms with E-state index in [2.05, 4.69) is 233 Å². The summed E-state index contributed by atoms with van der Waals surface area (Å²) in [5.41, 5.74) is 22.6. The van der Waals surface area contributed by atoms with Crippen LogP contribution in [0.5, 0.6) is 0 Å². The topological polar surface area (TPSA) is 16.4 Å². The van der Waals surface area contributed by atoms with Crippen molar-refractivity contribution in [3.63, 3.8) is 0 Å². The zero-order valence-electron chi connectivity index (χ0n) is 35.4. The molecule has 2 aliphatic carbocycles. The predicted molar refractivity (Wildman–Crippen MR) is 260 cm³/mol. The second kappa shape index (κ2) is 13.5. The first-order valence-electron chi connectivity index (χ1n) is 21.8. The maximum absolute atomic E-state index is 6.88. The molecule has 9 aromatic carbocycles. The number of nitrogens with zero attached hydrogens (tertiary/aromatic N) is 1. The average Bonchev–Trinajstić information content (AvgIpc) is 3.88. The maximum atomic E-state index is 6.88. The molecule has 0 unspecified atom stereocenters. The fraction of sp³-hybridized carbons (Fsp3) is 0.100. The van der Waals surface area contributed by atoms with Gasteiger partial charge in [-0.3, -0.25) is 0 Å². The molecule has 0 amide bonds. The van der Waals surface area contributed by atoms with Gasteiger partial charge in [-0.15, -0.1) is 0 Å². The molecular formula is C60H45NO. The van der Waals surface area contributed by atoms with E-state index < -0.39 is 0 Å². The highest BCUT2D eigenvalue weighted by atomic mass is 16.3. The number of fused-ring (bicyclic) bond motifs is 9. The van der Waals surface area contributed by atoms with Crippen molar-refractivity contribution in [2.45, 2.75) is 38.5 Å². The van der Waals surface area contributed by atoms with E-state index in [0.29, 0.717) is 0 Å². The third-order valence-corrected chi connectivity index (χ3v) is 13.9. The summed E-state index contributed by atoms with van der Waals surface area (Å²) in [6.07, 6.45) is 0. The van der Waals surface area contributed by atoms with Gasteiger partial charge in [-0.2, -0.15) is 0 Å². The van der Waals surface area contributed by atoms with Crippen LogP contribution in [0.3, 0.4) is 0 Å². The Labute approximate surface area is 363 Å². The molecule has 1 aromatic heterocycles. The first-order valence-corrected chi connectivity index (χ1v) is 21.8. The lowest BCUT2D eigenvalue weighted by molar-refractivity contribution is 0.647. The lowest BCUT2D eigenvalue weighted by atomic mass is 9.81. The first kappa shape index (κ1) is 36.4. The Balaban J connectivity index is 1.04. The SMILES string of the molecule is CC1(C)c2ccccc2-c2ccc(N(c3ccc(-c4ccccc4)cc3)c3ccc(-c4c5c(cc6oc7cc(-c8ccccc8)ccc7c46)C(C)(C)c4ccccc4-5)cc3)cc21. The minimum atomic E-state index is -0.188. The van der Waals surface area contributed by atoms with Crippen LogP contribution in [0.1, 0.15) is 49.9 Å². The molecule has 0 atom stereocenters. The van der Waals surface area contributed by atoms with Crippen LogP contribution < -0.4 is 4.90 Å². The van der Waals surface area contributed by atoms with Crippen LogP contribution in [0.15, 0.2) is 205 Å². The van der Waals surface area contributed by atoms with Gasteiger partial charge in [-0.05, 0) is 127 Å². The number of anilines is 3. The summed E-state index contributed by atoms with van der Waals surface area (Å²) in [4.78, 5) is 2.42. The summed E-state index contributed by atoms with van der Waals surface area (Å²) in [7, 11) is 0. The number of hydrogen-bond donors (Lipinski definition) is 0. The molecule has 0 N–H and O–H groups in total. The summed E-state index contributed by atoms with van der Waals surface area (Å²) >= 11 is 0. The summed E-state index contributed by atoms with van der Waals surface area (Å²) in [5.74, 6) is 0. The Morgan fingerprint density at radius 3 is 1.52 bits per heavy atom. The zero-order valence-corrected chi connectivity index (χ0v) is 35.4. The zero-order chi connectivity index (χ0) is 41.7. The summed E-state index contributed by atoms with van der Waals surface area (Å²) in [5, 5.41) is 2.29. The van der Waals surface area contributed by atoms with Crippen molar-refractivity contribution in [2.24, 2.45) is 0 Å². The Hall–Kier alpha value is -7.42. The lowest BCUT2D eigenvalue weighted by Gasteiger charge is -2.28. The smallest absolute Gasteiger partial charge is 0.136 e. The molecule has 0 radical (unpaired) electrons. The van der Waals surface area contributed by atoms with E-state index in [1.54, 1.807) is 0 Å². The van der Waals surface area contributed by atoms with E-state index in [0.717, 1.165) is 44.6 Å². The molecule has 0 fully saturated rings. The van der Waals surface area contributed by atoms with Crippen molar-refractivity contribution in [1.82, 2.24) is 0 Å². The van der Waals surface area contributed by atoms with Gasteiger partial charge >= 0.3 is 0 Å². The molecule has 0 spiro atoms. The van der Waals surface area contributed by atoms with Crippen LogP contribution in [0.25, 0.3) is 77.6 Å². The predicted octanol–water partition coefficient (Wildman–Crippen LogP) is 16.7. The van der Waals surface area contributed by atoms with Crippen LogP contribution in [-0.2, 0) is 10.8 Å². The highest BCUT2D eigenvalue weighted by Gasteiger charge is 2.39. The van der Waals surface area contributed by atoms with Crippen LogP contribution in [0.4, 0.5) is 17.1 Å². The molecular weight excluding hydrogens is 751 g/mol. The lowest BCUT2D eigenvalue weighted by Crippen LogP contribution is -2.16. The van der Waals surface area contributed by atoms with Gasteiger partial charge in [0.1, 0.15) is 11.2 Å². The monoisotopic (exact) mass is 795 g/mol. The van der Waals surface area contributed by atoms with Crippen molar-refractivity contribution in [3.05, 3.63) is 222 Å². The summed E-state index contributed by atoms with van der Waals surface area (Å²) < 4.78 is 6.88. The normalized spacial score (nSPS) is 14.1. The third kappa shape index (κ3) is 5.43. The third-order valence-electron chi connectivity index (χ3n) is 13.9. The fourth-order valence-electron chi connectivity index (χ4n) is 10.7. The number of benzene rings is 9. The molecule has 2 heteroatoms. The summed E-state index contributed by atoms with van der Waals surface area (Å²) in [6, 6.07) is 73.4. The Morgan fingerprint density at radius 1 is 0.339 bits per heavy atom. The highest BCUT2D eigenvalue weighted by molar-refractivity contribution is 6.18. The Bertz CT molecular complexity index is 3370. The van der Waals surface area contributed by atoms with Crippen LogP contribution in [0, 0.1) is 0 Å². The Kier molecular flexibility index (Phi) is 7.96. The molecule has 0 bridgehead atoms. The molecule has 10 aromatic rings. The van der Waals surface area contributed by atoms with E-state index in [4.69, 9.17) is 4.42 Å².